The van der Waals surface area contributed by atoms with E-state index >= 15 is 0 Å². The van der Waals surface area contributed by atoms with E-state index in [4.69, 9.17) is 15.6 Å². The monoisotopic (exact) mass is 375 g/mol. The second kappa shape index (κ2) is 5.41. The number of halogens is 1. The molecular formula is C18H18FN3O5. The minimum atomic E-state index is -1.03. The Hall–Kier alpha value is -2.68. The topological polar surface area (TPSA) is 113 Å². The van der Waals surface area contributed by atoms with Gasteiger partial charge in [0.1, 0.15) is 12.4 Å². The number of ether oxygens (including phenoxy) is 1. The Kier molecular flexibility index (Phi) is 3.31. The number of piperidine rings is 1. The van der Waals surface area contributed by atoms with Crippen molar-refractivity contribution < 1.29 is 28.6 Å². The van der Waals surface area contributed by atoms with E-state index in [-0.39, 0.29) is 23.7 Å². The number of carbonyl (C=O) groups excluding carboxylic acids is 3. The zero-order chi connectivity index (χ0) is 19.0. The number of nitrogens with two attached hydrogens (primary N) is 1. The van der Waals surface area contributed by atoms with Crippen molar-refractivity contribution in [3.8, 4) is 0 Å². The van der Waals surface area contributed by atoms with Gasteiger partial charge in [-0.05, 0) is 41.4 Å². The highest BCUT2D eigenvalue weighted by molar-refractivity contribution is 5.98. The summed E-state index contributed by atoms with van der Waals surface area (Å²) in [5.41, 5.74) is 7.13. The molecule has 3 heterocycles. The number of carbonyl (C=O) groups is 3. The molecule has 2 unspecified atom stereocenters. The molecule has 4 atom stereocenters. The molecule has 3 N–H and O–H groups in total. The van der Waals surface area contributed by atoms with E-state index in [1.807, 2.05) is 0 Å². The number of likely N-dealkylation sites (tertiary alicyclic amines) is 1. The van der Waals surface area contributed by atoms with Gasteiger partial charge in [-0.2, -0.15) is 0 Å². The Morgan fingerprint density at radius 2 is 2.00 bits per heavy atom. The highest BCUT2D eigenvalue weighted by Gasteiger charge is 2.58. The molecule has 27 heavy (non-hydrogen) atoms. The van der Waals surface area contributed by atoms with Crippen molar-refractivity contribution in [2.75, 3.05) is 24.6 Å². The number of aliphatic hydroxyl groups is 1. The van der Waals surface area contributed by atoms with E-state index in [0.29, 0.717) is 30.8 Å². The molecule has 1 aromatic rings. The predicted molar refractivity (Wildman–Crippen MR) is 89.2 cm³/mol. The first-order chi connectivity index (χ1) is 12.9. The Balaban J connectivity index is 1.40. The largest absolute Gasteiger partial charge is 0.433 e. The zero-order valence-electron chi connectivity index (χ0n) is 14.3. The molecule has 3 fully saturated rings. The van der Waals surface area contributed by atoms with E-state index in [1.54, 1.807) is 11.0 Å². The normalized spacial score (nSPS) is 32.8. The van der Waals surface area contributed by atoms with Gasteiger partial charge in [0, 0.05) is 13.1 Å². The Morgan fingerprint density at radius 1 is 1.30 bits per heavy atom. The van der Waals surface area contributed by atoms with Gasteiger partial charge in [0.05, 0.1) is 11.7 Å². The van der Waals surface area contributed by atoms with Crippen molar-refractivity contribution in [2.24, 2.45) is 17.6 Å². The molecule has 5 rings (SSSR count). The second-order valence-electron chi connectivity index (χ2n) is 7.66. The summed E-state index contributed by atoms with van der Waals surface area (Å²) >= 11 is 0. The van der Waals surface area contributed by atoms with Crippen LogP contribution in [-0.4, -0.2) is 59.8 Å². The van der Waals surface area contributed by atoms with Gasteiger partial charge < -0.3 is 20.5 Å². The molecular weight excluding hydrogens is 357 g/mol. The average Bonchev–Trinajstić information content (AvgIpc) is 2.97. The third-order valence-corrected chi connectivity index (χ3v) is 6.31. The molecule has 1 saturated carbocycles. The fourth-order valence-corrected chi connectivity index (χ4v) is 5.02. The van der Waals surface area contributed by atoms with Crippen LogP contribution in [0.1, 0.15) is 17.0 Å². The Bertz CT molecular complexity index is 878. The standard InChI is InChI=1S/C18H18FN3O5/c19-11-3-12-7(2-13-16(17(20)25)27-18(26)22(12)13)1-8(11)15-9-4-21(5-10(9)15)14(24)6-23/h1,3,9-10,13,15-16,23H,2,4-6H2,(H2,20,25)/t9?,10?,13-,15?,16+/m0/s1. The number of rotatable bonds is 3. The minimum Gasteiger partial charge on any atom is -0.433 e. The summed E-state index contributed by atoms with van der Waals surface area (Å²) in [7, 11) is 0. The van der Waals surface area contributed by atoms with E-state index < -0.39 is 36.6 Å². The van der Waals surface area contributed by atoms with Crippen LogP contribution in [0.25, 0.3) is 0 Å². The van der Waals surface area contributed by atoms with Gasteiger partial charge in [-0.15, -0.1) is 0 Å². The minimum absolute atomic E-state index is 0.0346. The van der Waals surface area contributed by atoms with Crippen molar-refractivity contribution >= 4 is 23.6 Å². The number of cyclic esters (lactones) is 1. The fourth-order valence-electron chi connectivity index (χ4n) is 5.02. The zero-order valence-corrected chi connectivity index (χ0v) is 14.3. The highest BCUT2D eigenvalue weighted by Crippen LogP contribution is 2.59. The van der Waals surface area contributed by atoms with Crippen LogP contribution in [0, 0.1) is 17.7 Å². The molecule has 1 aromatic carbocycles. The fraction of sp³-hybridized carbons (Fsp3) is 0.500. The van der Waals surface area contributed by atoms with Crippen molar-refractivity contribution in [3.05, 3.63) is 29.1 Å². The van der Waals surface area contributed by atoms with E-state index in [1.165, 1.54) is 11.0 Å². The quantitative estimate of drug-likeness (QED) is 0.755. The number of amides is 3. The van der Waals surface area contributed by atoms with Gasteiger partial charge in [0.25, 0.3) is 5.91 Å². The predicted octanol–water partition coefficient (Wildman–Crippen LogP) is -0.275. The maximum atomic E-state index is 14.8. The van der Waals surface area contributed by atoms with Crippen molar-refractivity contribution in [1.82, 2.24) is 4.90 Å². The Morgan fingerprint density at radius 3 is 2.63 bits per heavy atom. The van der Waals surface area contributed by atoms with Gasteiger partial charge in [0.2, 0.25) is 12.0 Å². The number of hydrogen-bond acceptors (Lipinski definition) is 5. The number of fused-ring (bicyclic) bond motifs is 4. The van der Waals surface area contributed by atoms with Crippen molar-refractivity contribution in [1.29, 1.82) is 0 Å². The lowest BCUT2D eigenvalue weighted by molar-refractivity contribution is -0.133. The van der Waals surface area contributed by atoms with Crippen LogP contribution in [0.3, 0.4) is 0 Å². The van der Waals surface area contributed by atoms with Crippen LogP contribution < -0.4 is 10.6 Å². The lowest BCUT2D eigenvalue weighted by Gasteiger charge is -2.19. The molecule has 0 spiro atoms. The average molecular weight is 375 g/mol. The molecule has 0 aromatic heterocycles. The number of hydrogen-bond donors (Lipinski definition) is 2. The van der Waals surface area contributed by atoms with E-state index in [2.05, 4.69) is 0 Å². The molecule has 8 nitrogen and oxygen atoms in total. The van der Waals surface area contributed by atoms with Crippen LogP contribution in [0.15, 0.2) is 12.1 Å². The van der Waals surface area contributed by atoms with Gasteiger partial charge in [0.15, 0.2) is 0 Å². The van der Waals surface area contributed by atoms with E-state index in [0.717, 1.165) is 5.56 Å². The number of anilines is 1. The molecule has 0 radical (unpaired) electrons. The summed E-state index contributed by atoms with van der Waals surface area (Å²) in [6, 6.07) is 2.58. The number of aliphatic hydroxyl groups excluding tert-OH is 1. The molecule has 3 aliphatic heterocycles. The van der Waals surface area contributed by atoms with Gasteiger partial charge in [-0.25, -0.2) is 9.18 Å². The molecule has 1 aliphatic carbocycles. The van der Waals surface area contributed by atoms with Gasteiger partial charge in [-0.1, -0.05) is 6.07 Å². The third-order valence-electron chi connectivity index (χ3n) is 6.31. The van der Waals surface area contributed by atoms with Crippen LogP contribution in [0.4, 0.5) is 14.9 Å². The molecule has 0 bridgehead atoms. The maximum Gasteiger partial charge on any atom is 0.415 e. The summed E-state index contributed by atoms with van der Waals surface area (Å²) in [6.07, 6.45) is -1.33. The Labute approximate surface area is 153 Å². The summed E-state index contributed by atoms with van der Waals surface area (Å²) in [5, 5.41) is 8.96. The van der Waals surface area contributed by atoms with E-state index in [9.17, 15) is 18.8 Å². The van der Waals surface area contributed by atoms with Crippen LogP contribution >= 0.6 is 0 Å². The van der Waals surface area contributed by atoms with Gasteiger partial charge >= 0.3 is 6.09 Å². The summed E-state index contributed by atoms with van der Waals surface area (Å²) < 4.78 is 19.8. The first-order valence-electron chi connectivity index (χ1n) is 8.90. The van der Waals surface area contributed by atoms with Crippen LogP contribution in [0.5, 0.6) is 0 Å². The lowest BCUT2D eigenvalue weighted by atomic mass is 9.99. The van der Waals surface area contributed by atoms with Crippen molar-refractivity contribution in [2.45, 2.75) is 24.5 Å². The summed E-state index contributed by atoms with van der Waals surface area (Å²) in [4.78, 5) is 38.1. The lowest BCUT2D eigenvalue weighted by Crippen LogP contribution is -2.41. The summed E-state index contributed by atoms with van der Waals surface area (Å²) in [6.45, 7) is 0.540. The molecule has 4 aliphatic rings. The SMILES string of the molecule is NC(=O)[C@@H]1OC(=O)N2c3cc(F)c(C4C5CN(C(=O)CO)CC54)cc3C[C@@H]12. The second-order valence-corrected chi connectivity index (χ2v) is 7.66. The first-order valence-corrected chi connectivity index (χ1v) is 8.90. The number of primary amides is 1. The molecule has 3 amide bonds. The van der Waals surface area contributed by atoms with Gasteiger partial charge in [-0.3, -0.25) is 14.5 Å². The van der Waals surface area contributed by atoms with Crippen molar-refractivity contribution in [3.63, 3.8) is 0 Å². The first kappa shape index (κ1) is 16.5. The number of benzene rings is 1. The van der Waals surface area contributed by atoms with Crippen LogP contribution in [0.2, 0.25) is 0 Å². The van der Waals surface area contributed by atoms with Crippen LogP contribution in [-0.2, 0) is 20.7 Å². The smallest absolute Gasteiger partial charge is 0.415 e. The molecule has 9 heteroatoms. The highest BCUT2D eigenvalue weighted by atomic mass is 19.1. The molecule has 2 saturated heterocycles. The number of nitrogens with zero attached hydrogens (tertiary/aromatic N) is 2. The third kappa shape index (κ3) is 2.21. The maximum absolute atomic E-state index is 14.8. The summed E-state index contributed by atoms with van der Waals surface area (Å²) in [5.74, 6) is -0.992. The molecule has 142 valence electrons.